The van der Waals surface area contributed by atoms with Gasteiger partial charge in [-0.25, -0.2) is 19.2 Å². The predicted molar refractivity (Wildman–Crippen MR) is 502 cm³/mol. The second-order valence-corrected chi connectivity index (χ2v) is 42.8. The van der Waals surface area contributed by atoms with Gasteiger partial charge in [-0.2, -0.15) is 0 Å². The van der Waals surface area contributed by atoms with E-state index in [1.54, 1.807) is 24.3 Å². The van der Waals surface area contributed by atoms with Gasteiger partial charge in [-0.3, -0.25) is 19.2 Å². The molecule has 131 heavy (non-hydrogen) atoms. The number of nitrogens with one attached hydrogen (secondary N) is 2. The van der Waals surface area contributed by atoms with Gasteiger partial charge in [0.15, 0.2) is 0 Å². The second kappa shape index (κ2) is 39.0. The highest BCUT2D eigenvalue weighted by atomic mass is 16.6. The number of carbonyl (C=O) groups is 8. The number of fused-ring (bicyclic) bond motifs is 16. The van der Waals surface area contributed by atoms with Gasteiger partial charge in [0.05, 0.1) is 23.3 Å². The van der Waals surface area contributed by atoms with E-state index < -0.39 is 44.8 Å². The second-order valence-electron chi connectivity index (χ2n) is 42.8. The maximum absolute atomic E-state index is 13.2. The molecule has 2 amide bonds. The van der Waals surface area contributed by atoms with Crippen LogP contribution in [0.15, 0.2) is 146 Å². The van der Waals surface area contributed by atoms with Crippen LogP contribution < -0.4 is 10.6 Å². The molecule has 4 aromatic carbocycles. The Morgan fingerprint density at radius 3 is 0.954 bits per heavy atom. The molecule has 15 fully saturated rings. The average molecular weight is 1800 g/mol. The summed E-state index contributed by atoms with van der Waals surface area (Å²) in [6.45, 7) is 29.5. The average Bonchev–Trinajstić information content (AvgIpc) is 1.53. The Morgan fingerprint density at radius 1 is 0.344 bits per heavy atom. The summed E-state index contributed by atoms with van der Waals surface area (Å²) in [5.74, 6) is 3.42. The van der Waals surface area contributed by atoms with Crippen molar-refractivity contribution in [2.75, 3.05) is 0 Å². The van der Waals surface area contributed by atoms with Crippen molar-refractivity contribution in [3.8, 4) is 0 Å². The quantitative estimate of drug-likeness (QED) is 0.0376. The molecule has 0 spiro atoms. The molecular formula is C111H146N2O18. The van der Waals surface area contributed by atoms with Gasteiger partial charge in [-0.15, -0.1) is 0 Å². The summed E-state index contributed by atoms with van der Waals surface area (Å²) in [4.78, 5) is 102. The van der Waals surface area contributed by atoms with Crippen molar-refractivity contribution in [2.45, 2.75) is 351 Å². The Labute approximate surface area is 777 Å². The maximum Gasteiger partial charge on any atom is 0.331 e. The molecule has 19 rings (SSSR count). The number of esters is 6. The van der Waals surface area contributed by atoms with E-state index in [9.17, 15) is 38.4 Å². The van der Waals surface area contributed by atoms with Crippen molar-refractivity contribution >= 4 is 71.9 Å². The molecule has 0 aromatic heterocycles. The highest BCUT2D eigenvalue weighted by Gasteiger charge is 2.78. The van der Waals surface area contributed by atoms with Crippen LogP contribution >= 0.6 is 0 Å². The number of hydrogen-bond donors (Lipinski definition) is 2. The normalized spacial score (nSPS) is 39.4. The lowest BCUT2D eigenvalue weighted by atomic mass is 9.66. The fourth-order valence-electron chi connectivity index (χ4n) is 27.9. The predicted octanol–water partition coefficient (Wildman–Crippen LogP) is 20.3. The molecule has 8 heterocycles. The van der Waals surface area contributed by atoms with Crippen molar-refractivity contribution in [1.29, 1.82) is 0 Å². The fourth-order valence-corrected chi connectivity index (χ4v) is 27.9. The van der Waals surface area contributed by atoms with Gasteiger partial charge in [0, 0.05) is 99.3 Å². The van der Waals surface area contributed by atoms with Crippen LogP contribution in [0.3, 0.4) is 0 Å². The highest BCUT2D eigenvalue weighted by molar-refractivity contribution is 5.89. The van der Waals surface area contributed by atoms with E-state index >= 15 is 0 Å². The molecule has 4 aromatic rings. The minimum atomic E-state index is -0.601. The third kappa shape index (κ3) is 18.6. The fraction of sp³-hybridized carbons (Fsp3) is 0.640. The summed E-state index contributed by atoms with van der Waals surface area (Å²) in [7, 11) is 0. The Morgan fingerprint density at radius 2 is 0.634 bits per heavy atom. The molecule has 2 N–H and O–H groups in total. The minimum Gasteiger partial charge on any atom is -0.459 e. The molecule has 708 valence electrons. The van der Waals surface area contributed by atoms with E-state index in [4.69, 9.17) is 47.4 Å². The van der Waals surface area contributed by atoms with Gasteiger partial charge in [-0.1, -0.05) is 210 Å². The van der Waals surface area contributed by atoms with E-state index in [0.717, 1.165) is 119 Å². The number of hydrogen-bond acceptors (Lipinski definition) is 18. The molecule has 15 aliphatic rings. The Hall–Kier alpha value is -8.56. The monoisotopic (exact) mass is 1800 g/mol. The zero-order chi connectivity index (χ0) is 92.7. The molecule has 20 heteroatoms. The first-order valence-electron chi connectivity index (χ1n) is 50.4. The van der Waals surface area contributed by atoms with Crippen LogP contribution in [-0.2, 0) is 85.7 Å². The lowest BCUT2D eigenvalue weighted by Gasteiger charge is -2.54. The van der Waals surface area contributed by atoms with Crippen molar-refractivity contribution in [2.24, 2.45) is 94.7 Å². The first-order chi connectivity index (χ1) is 62.8. The summed E-state index contributed by atoms with van der Waals surface area (Å²) in [5.41, 5.74) is -0.229. The lowest BCUT2D eigenvalue weighted by Crippen LogP contribution is -2.63. The van der Waals surface area contributed by atoms with Gasteiger partial charge in [0.25, 0.3) is 0 Å². The molecule has 0 radical (unpaired) electrons. The summed E-state index contributed by atoms with van der Waals surface area (Å²) in [6.07, 6.45) is 34.4. The lowest BCUT2D eigenvalue weighted by molar-refractivity contribution is -0.270. The largest absolute Gasteiger partial charge is 0.459 e. The first kappa shape index (κ1) is 95.6. The third-order valence-corrected chi connectivity index (χ3v) is 34.9. The number of benzene rings is 4. The molecule has 26 unspecified atom stereocenters. The molecule has 7 aliphatic carbocycles. The molecule has 8 bridgehead atoms. The van der Waals surface area contributed by atoms with E-state index in [1.807, 2.05) is 161 Å². The van der Waals surface area contributed by atoms with Crippen LogP contribution in [0.25, 0.3) is 24.3 Å². The Balaban J connectivity index is 0.000000128. The number of ether oxygens (including phenoxy) is 10. The third-order valence-electron chi connectivity index (χ3n) is 34.9. The highest BCUT2D eigenvalue weighted by Crippen LogP contribution is 2.70. The van der Waals surface area contributed by atoms with Crippen LogP contribution in [0, 0.1) is 94.7 Å². The summed E-state index contributed by atoms with van der Waals surface area (Å²) in [5, 5.41) is 6.53. The van der Waals surface area contributed by atoms with Crippen molar-refractivity contribution in [3.63, 3.8) is 0 Å². The summed E-state index contributed by atoms with van der Waals surface area (Å²) < 4.78 is 65.2. The number of amides is 2. The van der Waals surface area contributed by atoms with Crippen molar-refractivity contribution in [3.05, 3.63) is 168 Å². The Bertz CT molecular complexity index is 4510. The number of carbonyl (C=O) groups excluding carboxylic acids is 8. The minimum absolute atomic E-state index is 0.0306. The van der Waals surface area contributed by atoms with E-state index in [-0.39, 0.29) is 150 Å². The van der Waals surface area contributed by atoms with Crippen LogP contribution in [0.4, 0.5) is 0 Å². The zero-order valence-electron chi connectivity index (χ0n) is 80.0. The molecular weight excluding hydrogens is 1650 g/mol. The Kier molecular flexibility index (Phi) is 28.5. The zero-order valence-corrected chi connectivity index (χ0v) is 80.0. The van der Waals surface area contributed by atoms with Crippen molar-refractivity contribution in [1.82, 2.24) is 10.6 Å². The van der Waals surface area contributed by atoms with Gasteiger partial charge in [0.2, 0.25) is 11.8 Å². The SMILES string of the molecule is CCC(=O)NC1CC2(C(C)C)OC1(C)C1CCC(C)C1C2OC(=O)/C=C/c1ccccc1.CCC(=O)NC1CC2(C3CC3)OC1(C)C1CCC(C)C1[C@@H]2OC(=O)/C=C/c1ccccc1.CCC(=O)OC1CC2(C3CC3)OC1(C)C1CCC(C)C1[C@@H]2OC(=O)/C=C/c1ccccc1.CCC(=O)OC1CC2(C3CCCCC3)OC1(C)C1CCC(C)C1C2OC(=O)/C=C/c1ccccc1. The molecule has 8 saturated heterocycles. The molecule has 28 atom stereocenters. The number of rotatable bonds is 24. The summed E-state index contributed by atoms with van der Waals surface area (Å²) >= 11 is 0. The summed E-state index contributed by atoms with van der Waals surface area (Å²) in [6, 6.07) is 39.1. The van der Waals surface area contributed by atoms with Crippen LogP contribution in [-0.4, -0.2) is 141 Å². The van der Waals surface area contributed by atoms with Gasteiger partial charge in [-0.05, 0) is 235 Å². The smallest absolute Gasteiger partial charge is 0.331 e. The van der Waals surface area contributed by atoms with Crippen LogP contribution in [0.5, 0.6) is 0 Å². The van der Waals surface area contributed by atoms with E-state index in [2.05, 4.69) is 79.9 Å². The van der Waals surface area contributed by atoms with Crippen LogP contribution in [0.2, 0.25) is 0 Å². The van der Waals surface area contributed by atoms with Gasteiger partial charge < -0.3 is 58.0 Å². The van der Waals surface area contributed by atoms with Gasteiger partial charge in [0.1, 0.15) is 70.2 Å². The topological polar surface area (TPSA) is 253 Å². The molecule has 8 aliphatic heterocycles. The van der Waals surface area contributed by atoms with Crippen LogP contribution in [0.1, 0.15) is 280 Å². The standard InChI is InChI=1S/C30H40O5.C27H35NO4.C27H37NO4.C27H34O5/c1-4-25(31)33-24-19-30(22-13-9-6-10-14-22)28(27-20(2)15-17-23(27)29(24,3)35-30)34-26(32)18-16-21-11-7-5-8-12-21;1-4-22(29)28-21-16-27(19-12-13-19)25(24-17(2)10-14-20(24)26(21,3)32-27)31-23(30)15-11-18-8-6-5-7-9-18;1-6-22(29)28-21-16-27(17(2)3)25(24-18(4)12-14-20(24)26(21,5)32-27)31-23(30)15-13-19-10-8-7-9-11-19;1-4-22(28)30-21-16-27(19-12-13-19)25(24-17(2)10-14-20(24)26(21,3)32-27)31-23(29)15-11-18-8-6-5-7-9-18/h5,7-8,11-12,16,18,20,22-24,27-28H,4,6,9-10,13-15,17,19H2,1-3H3;5-9,11,15,17,19-21,24-25H,4,10,12-14,16H2,1-3H3,(H,28,29);7-11,13,15,17-18,20-21,24-25H,6,12,14,16H2,1-5H3,(H,28,29);5-9,11,15,17,19-21,24-25H,4,10,12-14,16H2,1-3H3/b18-16+;15-11+;15-13+;15-11+/t;17?,20?,21?,24?,25-,26?,27?;;17?,20?,21?,24?,25-,26?,27?/m.0.0/s1. The molecule has 7 saturated carbocycles. The van der Waals surface area contributed by atoms with E-state index in [0.29, 0.717) is 86.4 Å². The maximum atomic E-state index is 13.2. The first-order valence-corrected chi connectivity index (χ1v) is 50.4. The van der Waals surface area contributed by atoms with Crippen molar-refractivity contribution < 1.29 is 85.7 Å². The molecule has 20 nitrogen and oxygen atoms in total. The van der Waals surface area contributed by atoms with Gasteiger partial charge >= 0.3 is 35.8 Å². The van der Waals surface area contributed by atoms with E-state index in [1.165, 1.54) is 31.4 Å².